The van der Waals surface area contributed by atoms with Crippen molar-refractivity contribution < 1.29 is 18.8 Å². The lowest BCUT2D eigenvalue weighted by atomic mass is 9.96. The van der Waals surface area contributed by atoms with Crippen molar-refractivity contribution in [2.45, 2.75) is 39.2 Å². The Balaban J connectivity index is 1.78. The van der Waals surface area contributed by atoms with Crippen LogP contribution < -0.4 is 10.6 Å². The minimum Gasteiger partial charge on any atom is -0.348 e. The van der Waals surface area contributed by atoms with Crippen LogP contribution in [0.25, 0.3) is 0 Å². The number of carbonyl (C=O) groups is 3. The first-order valence-electron chi connectivity index (χ1n) is 8.81. The summed E-state index contributed by atoms with van der Waals surface area (Å²) in [5, 5.41) is 5.26. The van der Waals surface area contributed by atoms with E-state index in [-0.39, 0.29) is 17.4 Å². The number of nitrogens with one attached hydrogen (secondary N) is 2. The summed E-state index contributed by atoms with van der Waals surface area (Å²) in [6.07, 6.45) is 1.39. The average molecular weight is 363 g/mol. The molecule has 1 fully saturated rings. The maximum absolute atomic E-state index is 13.7. The summed E-state index contributed by atoms with van der Waals surface area (Å²) in [5.74, 6) is -1.94. The standard InChI is InChI=1S/C19H26FN3O3/c1-19(2,3)22-17(25)16(24)21-12-13-8-10-23(11-9-13)18(26)14-6-4-5-7-15(14)20/h4-7,13H,8-12H2,1-3H3,(H,21,24)(H,22,25). The molecule has 1 aromatic rings. The van der Waals surface area contributed by atoms with Crippen LogP contribution in [0.2, 0.25) is 0 Å². The van der Waals surface area contributed by atoms with E-state index in [1.54, 1.807) is 37.8 Å². The Morgan fingerprint density at radius 2 is 1.73 bits per heavy atom. The van der Waals surface area contributed by atoms with Gasteiger partial charge in [-0.25, -0.2) is 4.39 Å². The molecule has 0 bridgehead atoms. The molecule has 0 atom stereocenters. The smallest absolute Gasteiger partial charge is 0.309 e. The van der Waals surface area contributed by atoms with Crippen LogP contribution in [0.5, 0.6) is 0 Å². The van der Waals surface area contributed by atoms with Crippen LogP contribution in [-0.2, 0) is 9.59 Å². The van der Waals surface area contributed by atoms with Crippen molar-refractivity contribution in [2.24, 2.45) is 5.92 Å². The monoisotopic (exact) mass is 363 g/mol. The summed E-state index contributed by atoms with van der Waals surface area (Å²) >= 11 is 0. The number of piperidine rings is 1. The van der Waals surface area contributed by atoms with Gasteiger partial charge in [0.25, 0.3) is 5.91 Å². The van der Waals surface area contributed by atoms with E-state index in [1.165, 1.54) is 12.1 Å². The zero-order valence-corrected chi connectivity index (χ0v) is 15.5. The number of rotatable bonds is 3. The van der Waals surface area contributed by atoms with Gasteiger partial charge in [-0.05, 0) is 51.7 Å². The van der Waals surface area contributed by atoms with E-state index in [0.717, 1.165) is 0 Å². The first-order valence-corrected chi connectivity index (χ1v) is 8.81. The maximum Gasteiger partial charge on any atom is 0.309 e. The molecule has 2 N–H and O–H groups in total. The molecule has 26 heavy (non-hydrogen) atoms. The number of benzene rings is 1. The van der Waals surface area contributed by atoms with Crippen LogP contribution in [0, 0.1) is 11.7 Å². The second-order valence-electron chi connectivity index (χ2n) is 7.63. The lowest BCUT2D eigenvalue weighted by molar-refractivity contribution is -0.140. The first-order chi connectivity index (χ1) is 12.2. The number of hydrogen-bond donors (Lipinski definition) is 2. The highest BCUT2D eigenvalue weighted by Gasteiger charge is 2.26. The number of carbonyl (C=O) groups excluding carboxylic acids is 3. The first kappa shape index (κ1) is 19.9. The van der Waals surface area contributed by atoms with Crippen molar-refractivity contribution in [3.63, 3.8) is 0 Å². The predicted octanol–water partition coefficient (Wildman–Crippen LogP) is 1.71. The molecule has 0 radical (unpaired) electrons. The van der Waals surface area contributed by atoms with Crippen LogP contribution in [0.3, 0.4) is 0 Å². The second kappa shape index (κ2) is 8.29. The lowest BCUT2D eigenvalue weighted by Gasteiger charge is -2.32. The highest BCUT2D eigenvalue weighted by Crippen LogP contribution is 2.19. The molecule has 1 aliphatic heterocycles. The average Bonchev–Trinajstić information content (AvgIpc) is 2.58. The van der Waals surface area contributed by atoms with Gasteiger partial charge in [0, 0.05) is 25.2 Å². The van der Waals surface area contributed by atoms with Gasteiger partial charge in [-0.1, -0.05) is 12.1 Å². The fourth-order valence-corrected chi connectivity index (χ4v) is 2.86. The van der Waals surface area contributed by atoms with Gasteiger partial charge in [-0.15, -0.1) is 0 Å². The number of nitrogens with zero attached hydrogens (tertiary/aromatic N) is 1. The van der Waals surface area contributed by atoms with E-state index < -0.39 is 23.2 Å². The Bertz CT molecular complexity index is 677. The Hall–Kier alpha value is -2.44. The molecule has 7 heteroatoms. The van der Waals surface area contributed by atoms with E-state index in [4.69, 9.17) is 0 Å². The molecule has 3 amide bonds. The predicted molar refractivity (Wildman–Crippen MR) is 95.9 cm³/mol. The summed E-state index contributed by atoms with van der Waals surface area (Å²) < 4.78 is 13.7. The van der Waals surface area contributed by atoms with Crippen molar-refractivity contribution in [1.29, 1.82) is 0 Å². The molecule has 2 rings (SSSR count). The normalized spacial score (nSPS) is 15.5. The molecule has 0 spiro atoms. The molecular formula is C19H26FN3O3. The van der Waals surface area contributed by atoms with Crippen molar-refractivity contribution >= 4 is 17.7 Å². The molecule has 0 aromatic heterocycles. The van der Waals surface area contributed by atoms with E-state index in [0.29, 0.717) is 32.5 Å². The van der Waals surface area contributed by atoms with Gasteiger partial charge in [0.15, 0.2) is 0 Å². The van der Waals surface area contributed by atoms with Crippen molar-refractivity contribution in [3.05, 3.63) is 35.6 Å². The Morgan fingerprint density at radius 3 is 2.31 bits per heavy atom. The Morgan fingerprint density at radius 1 is 1.12 bits per heavy atom. The van der Waals surface area contributed by atoms with Gasteiger partial charge in [0.2, 0.25) is 0 Å². The van der Waals surface area contributed by atoms with E-state index >= 15 is 0 Å². The minimum atomic E-state index is -0.648. The van der Waals surface area contributed by atoms with Crippen molar-refractivity contribution in [3.8, 4) is 0 Å². The summed E-state index contributed by atoms with van der Waals surface area (Å²) in [5.41, 5.74) is -0.384. The fraction of sp³-hybridized carbons (Fsp3) is 0.526. The second-order valence-corrected chi connectivity index (χ2v) is 7.63. The Labute approximate surface area is 153 Å². The highest BCUT2D eigenvalue weighted by molar-refractivity contribution is 6.35. The number of likely N-dealkylation sites (tertiary alicyclic amines) is 1. The van der Waals surface area contributed by atoms with Gasteiger partial charge in [-0.2, -0.15) is 0 Å². The lowest BCUT2D eigenvalue weighted by Crippen LogP contribution is -2.49. The molecule has 142 valence electrons. The van der Waals surface area contributed by atoms with Crippen molar-refractivity contribution in [1.82, 2.24) is 15.5 Å². The number of hydrogen-bond acceptors (Lipinski definition) is 3. The van der Waals surface area contributed by atoms with E-state index in [1.807, 2.05) is 0 Å². The van der Waals surface area contributed by atoms with Crippen molar-refractivity contribution in [2.75, 3.05) is 19.6 Å². The Kier molecular flexibility index (Phi) is 6.34. The summed E-state index contributed by atoms with van der Waals surface area (Å²) in [6.45, 7) is 6.81. The summed E-state index contributed by atoms with van der Waals surface area (Å²) in [4.78, 5) is 37.6. The van der Waals surface area contributed by atoms with Gasteiger partial charge in [-0.3, -0.25) is 14.4 Å². The zero-order valence-electron chi connectivity index (χ0n) is 15.5. The van der Waals surface area contributed by atoms with Gasteiger partial charge >= 0.3 is 11.8 Å². The van der Waals surface area contributed by atoms with Crippen LogP contribution in [0.1, 0.15) is 44.0 Å². The van der Waals surface area contributed by atoms with Gasteiger partial charge in [0.1, 0.15) is 5.82 Å². The molecule has 0 aliphatic carbocycles. The van der Waals surface area contributed by atoms with Gasteiger partial charge in [0.05, 0.1) is 5.56 Å². The molecule has 1 saturated heterocycles. The molecule has 0 unspecified atom stereocenters. The largest absolute Gasteiger partial charge is 0.348 e. The minimum absolute atomic E-state index is 0.0816. The molecule has 1 aliphatic rings. The maximum atomic E-state index is 13.7. The number of halogens is 1. The summed E-state index contributed by atoms with van der Waals surface area (Å²) in [7, 11) is 0. The van der Waals surface area contributed by atoms with E-state index in [2.05, 4.69) is 10.6 Å². The molecule has 1 heterocycles. The quantitative estimate of drug-likeness (QED) is 0.803. The molecule has 1 aromatic carbocycles. The SMILES string of the molecule is CC(C)(C)NC(=O)C(=O)NCC1CCN(C(=O)c2ccccc2F)CC1. The van der Waals surface area contributed by atoms with Gasteiger partial charge < -0.3 is 15.5 Å². The number of amides is 3. The molecule has 6 nitrogen and oxygen atoms in total. The third-order valence-electron chi connectivity index (χ3n) is 4.25. The topological polar surface area (TPSA) is 78.5 Å². The van der Waals surface area contributed by atoms with E-state index in [9.17, 15) is 18.8 Å². The summed E-state index contributed by atoms with van der Waals surface area (Å²) in [6, 6.07) is 5.95. The van der Waals surface area contributed by atoms with Crippen LogP contribution in [0.15, 0.2) is 24.3 Å². The fourth-order valence-electron chi connectivity index (χ4n) is 2.86. The van der Waals surface area contributed by atoms with Crippen LogP contribution >= 0.6 is 0 Å². The molecule has 0 saturated carbocycles. The highest BCUT2D eigenvalue weighted by atomic mass is 19.1. The third-order valence-corrected chi connectivity index (χ3v) is 4.25. The zero-order chi connectivity index (χ0) is 19.3. The van der Waals surface area contributed by atoms with Crippen LogP contribution in [-0.4, -0.2) is 47.8 Å². The van der Waals surface area contributed by atoms with Crippen LogP contribution in [0.4, 0.5) is 4.39 Å². The third kappa shape index (κ3) is 5.54. The molecular weight excluding hydrogens is 337 g/mol.